The van der Waals surface area contributed by atoms with Crippen LogP contribution in [0.25, 0.3) is 0 Å². The Kier molecular flexibility index (Phi) is 5.21. The van der Waals surface area contributed by atoms with Gasteiger partial charge in [-0.05, 0) is 25.2 Å². The first kappa shape index (κ1) is 16.9. The molecule has 1 saturated heterocycles. The third-order valence-electron chi connectivity index (χ3n) is 4.58. The minimum atomic E-state index is -0.745. The van der Waals surface area contributed by atoms with Crippen LogP contribution in [0, 0.1) is 11.8 Å². The molecule has 4 N–H and O–H groups in total. The monoisotopic (exact) mass is 308 g/mol. The highest BCUT2D eigenvalue weighted by Crippen LogP contribution is 2.28. The topological polar surface area (TPSA) is 96.6 Å². The Hall–Kier alpha value is -1.43. The van der Waals surface area contributed by atoms with E-state index >= 15 is 0 Å². The van der Waals surface area contributed by atoms with Crippen LogP contribution in [0.5, 0.6) is 0 Å². The molecule has 2 rings (SSSR count). The van der Waals surface area contributed by atoms with Crippen molar-refractivity contribution in [2.75, 3.05) is 13.1 Å². The third kappa shape index (κ3) is 3.48. The van der Waals surface area contributed by atoms with Crippen molar-refractivity contribution in [3.8, 4) is 0 Å². The molecule has 0 aliphatic carbocycles. The first-order valence-electron chi connectivity index (χ1n) is 8.27. The Morgan fingerprint density at radius 1 is 1.50 bits per heavy atom. The van der Waals surface area contributed by atoms with Gasteiger partial charge in [-0.1, -0.05) is 20.8 Å². The van der Waals surface area contributed by atoms with Gasteiger partial charge >= 0.3 is 0 Å². The van der Waals surface area contributed by atoms with Gasteiger partial charge in [0.05, 0.1) is 12.6 Å². The maximum absolute atomic E-state index is 12.5. The molecule has 0 aromatic rings. The number of aliphatic imine (C=N–C) groups is 1. The molecular formula is C16H28N4O2. The molecule has 0 spiro atoms. The van der Waals surface area contributed by atoms with Crippen molar-refractivity contribution in [3.63, 3.8) is 0 Å². The number of nitrogens with two attached hydrogens (primary N) is 1. The van der Waals surface area contributed by atoms with Crippen LogP contribution in [0.4, 0.5) is 0 Å². The average Bonchev–Trinajstić information content (AvgIpc) is 3.06. The van der Waals surface area contributed by atoms with Gasteiger partial charge in [-0.2, -0.15) is 0 Å². The fraction of sp³-hybridized carbons (Fsp3) is 0.812. The van der Waals surface area contributed by atoms with E-state index in [4.69, 9.17) is 5.73 Å². The van der Waals surface area contributed by atoms with E-state index in [1.54, 1.807) is 0 Å². The number of nitrogens with zero attached hydrogens (tertiary/aromatic N) is 1. The van der Waals surface area contributed by atoms with Crippen molar-refractivity contribution < 1.29 is 9.59 Å². The lowest BCUT2D eigenvalue weighted by molar-refractivity contribution is -0.126. The molecule has 0 radical (unpaired) electrons. The summed E-state index contributed by atoms with van der Waals surface area (Å²) in [7, 11) is 0. The number of rotatable bonds is 7. The summed E-state index contributed by atoms with van der Waals surface area (Å²) < 4.78 is 0. The number of carbonyl (C=O) groups excluding carboxylic acids is 2. The number of carbonyl (C=O) groups is 2. The standard InChI is InChI=1S/C16H28N4O2/c1-4-13(21)16(8-11-5-6-18-15(11)22)9-19-14(20-16)12(17)7-10(2)3/h10-12H,4-9,17H2,1-3H3,(H,18,22)(H,19,20). The van der Waals surface area contributed by atoms with Crippen molar-refractivity contribution in [2.24, 2.45) is 22.6 Å². The van der Waals surface area contributed by atoms with E-state index in [2.05, 4.69) is 29.5 Å². The number of amidine groups is 1. The summed E-state index contributed by atoms with van der Waals surface area (Å²) in [5, 5.41) is 6.14. The van der Waals surface area contributed by atoms with Gasteiger partial charge in [0.25, 0.3) is 0 Å². The zero-order chi connectivity index (χ0) is 16.3. The molecule has 1 amide bonds. The predicted molar refractivity (Wildman–Crippen MR) is 86.6 cm³/mol. The van der Waals surface area contributed by atoms with Gasteiger partial charge in [-0.15, -0.1) is 0 Å². The van der Waals surface area contributed by atoms with Gasteiger partial charge in [-0.25, -0.2) is 0 Å². The lowest BCUT2D eigenvalue weighted by Gasteiger charge is -2.31. The molecular weight excluding hydrogens is 280 g/mol. The van der Waals surface area contributed by atoms with E-state index in [0.717, 1.165) is 12.8 Å². The lowest BCUT2D eigenvalue weighted by Crippen LogP contribution is -2.56. The molecule has 6 nitrogen and oxygen atoms in total. The van der Waals surface area contributed by atoms with Gasteiger partial charge in [0, 0.05) is 18.9 Å². The van der Waals surface area contributed by atoms with Crippen molar-refractivity contribution in [3.05, 3.63) is 0 Å². The molecule has 0 aromatic carbocycles. The molecule has 3 atom stereocenters. The predicted octanol–water partition coefficient (Wildman–Crippen LogP) is 0.606. The number of amides is 1. The van der Waals surface area contributed by atoms with Crippen LogP contribution in [0.1, 0.15) is 46.5 Å². The number of nitrogens with one attached hydrogen (secondary N) is 2. The summed E-state index contributed by atoms with van der Waals surface area (Å²) in [5.41, 5.74) is 5.45. The van der Waals surface area contributed by atoms with Crippen molar-refractivity contribution in [2.45, 2.75) is 58.0 Å². The molecule has 2 heterocycles. The second kappa shape index (κ2) is 6.77. The average molecular weight is 308 g/mol. The number of Topliss-reactive ketones (excluding diaryl/α,β-unsaturated/α-hetero) is 1. The maximum atomic E-state index is 12.5. The second-order valence-electron chi connectivity index (χ2n) is 6.90. The van der Waals surface area contributed by atoms with E-state index in [1.807, 2.05) is 6.92 Å². The summed E-state index contributed by atoms with van der Waals surface area (Å²) >= 11 is 0. The van der Waals surface area contributed by atoms with Gasteiger partial charge in [0.2, 0.25) is 5.91 Å². The van der Waals surface area contributed by atoms with Gasteiger partial charge in [0.15, 0.2) is 5.78 Å². The van der Waals surface area contributed by atoms with E-state index in [0.29, 0.717) is 37.7 Å². The molecule has 0 saturated carbocycles. The smallest absolute Gasteiger partial charge is 0.223 e. The Balaban J connectivity index is 2.09. The highest BCUT2D eigenvalue weighted by atomic mass is 16.2. The Morgan fingerprint density at radius 3 is 2.77 bits per heavy atom. The largest absolute Gasteiger partial charge is 0.358 e. The number of hydrogen-bond acceptors (Lipinski definition) is 5. The van der Waals surface area contributed by atoms with Crippen molar-refractivity contribution in [1.29, 1.82) is 0 Å². The molecule has 1 fully saturated rings. The Morgan fingerprint density at radius 2 is 2.23 bits per heavy atom. The summed E-state index contributed by atoms with van der Waals surface area (Å²) in [6.07, 6.45) is 2.55. The maximum Gasteiger partial charge on any atom is 0.223 e. The van der Waals surface area contributed by atoms with Crippen LogP contribution in [0.15, 0.2) is 4.99 Å². The van der Waals surface area contributed by atoms with E-state index in [9.17, 15) is 9.59 Å². The van der Waals surface area contributed by atoms with Crippen LogP contribution in [-0.2, 0) is 9.59 Å². The lowest BCUT2D eigenvalue weighted by atomic mass is 9.82. The van der Waals surface area contributed by atoms with Crippen LogP contribution >= 0.6 is 0 Å². The molecule has 0 aromatic heterocycles. The first-order chi connectivity index (χ1) is 10.4. The summed E-state index contributed by atoms with van der Waals surface area (Å²) in [5.74, 6) is 1.23. The third-order valence-corrected chi connectivity index (χ3v) is 4.58. The zero-order valence-corrected chi connectivity index (χ0v) is 13.8. The summed E-state index contributed by atoms with van der Waals surface area (Å²) in [4.78, 5) is 28.9. The normalized spacial score (nSPS) is 29.2. The minimum absolute atomic E-state index is 0.0463. The van der Waals surface area contributed by atoms with Crippen LogP contribution in [0.3, 0.4) is 0 Å². The van der Waals surface area contributed by atoms with Gasteiger partial charge < -0.3 is 16.4 Å². The van der Waals surface area contributed by atoms with E-state index in [1.165, 1.54) is 0 Å². The molecule has 2 aliphatic heterocycles. The number of hydrogen-bond donors (Lipinski definition) is 3. The highest BCUT2D eigenvalue weighted by molar-refractivity contribution is 5.99. The van der Waals surface area contributed by atoms with Crippen molar-refractivity contribution >= 4 is 17.5 Å². The summed E-state index contributed by atoms with van der Waals surface area (Å²) in [6.45, 7) is 7.17. The Labute approximate surface area is 132 Å². The fourth-order valence-electron chi connectivity index (χ4n) is 3.36. The van der Waals surface area contributed by atoms with Crippen LogP contribution < -0.4 is 16.4 Å². The Bertz CT molecular complexity index is 475. The molecule has 22 heavy (non-hydrogen) atoms. The van der Waals surface area contributed by atoms with E-state index < -0.39 is 5.54 Å². The quantitative estimate of drug-likeness (QED) is 0.642. The molecule has 0 bridgehead atoms. The summed E-state index contributed by atoms with van der Waals surface area (Å²) in [6, 6.07) is -0.177. The second-order valence-corrected chi connectivity index (χ2v) is 6.90. The van der Waals surface area contributed by atoms with Crippen LogP contribution in [-0.4, -0.2) is 42.2 Å². The zero-order valence-electron chi connectivity index (χ0n) is 13.8. The highest BCUT2D eigenvalue weighted by Gasteiger charge is 2.45. The first-order valence-corrected chi connectivity index (χ1v) is 8.27. The fourth-order valence-corrected chi connectivity index (χ4v) is 3.36. The molecule has 2 aliphatic rings. The number of ketones is 1. The van der Waals surface area contributed by atoms with Crippen LogP contribution in [0.2, 0.25) is 0 Å². The van der Waals surface area contributed by atoms with Crippen molar-refractivity contribution in [1.82, 2.24) is 10.6 Å². The minimum Gasteiger partial charge on any atom is -0.358 e. The molecule has 124 valence electrons. The van der Waals surface area contributed by atoms with Gasteiger partial charge in [0.1, 0.15) is 11.4 Å². The molecule has 3 unspecified atom stereocenters. The SMILES string of the molecule is CCC(=O)C1(CC2CCNC2=O)CN=C(C(N)CC(C)C)N1. The van der Waals surface area contributed by atoms with E-state index in [-0.39, 0.29) is 23.7 Å². The molecule has 6 heteroatoms. The van der Waals surface area contributed by atoms with Gasteiger partial charge in [-0.3, -0.25) is 14.6 Å².